The van der Waals surface area contributed by atoms with Crippen molar-refractivity contribution >= 4 is 0 Å². The monoisotopic (exact) mass is 232 g/mol. The number of furan rings is 1. The van der Waals surface area contributed by atoms with Gasteiger partial charge in [0.1, 0.15) is 17.6 Å². The van der Waals surface area contributed by atoms with E-state index < -0.39 is 0 Å². The van der Waals surface area contributed by atoms with E-state index in [2.05, 4.69) is 12.6 Å². The van der Waals surface area contributed by atoms with E-state index in [0.29, 0.717) is 6.61 Å². The Morgan fingerprint density at radius 1 is 1.24 bits per heavy atom. The van der Waals surface area contributed by atoms with Crippen molar-refractivity contribution < 1.29 is 9.15 Å². The number of hydrogen-bond acceptors (Lipinski definition) is 2. The van der Waals surface area contributed by atoms with E-state index >= 15 is 0 Å². The highest BCUT2D eigenvalue weighted by Crippen LogP contribution is 2.56. The lowest BCUT2D eigenvalue weighted by molar-refractivity contribution is 0.0144. The van der Waals surface area contributed by atoms with E-state index in [0.717, 1.165) is 11.5 Å². The molecule has 2 fully saturated rings. The third kappa shape index (κ3) is 1.66. The first kappa shape index (κ1) is 11.1. The molecule has 1 aromatic heterocycles. The van der Waals surface area contributed by atoms with Crippen LogP contribution in [0.25, 0.3) is 0 Å². The molecule has 0 radical (unpaired) electrons. The number of rotatable bonds is 1. The largest absolute Gasteiger partial charge is 0.464 e. The minimum Gasteiger partial charge on any atom is -0.464 e. The molecule has 3 rings (SSSR count). The maximum Gasteiger partial charge on any atom is 0.133 e. The summed E-state index contributed by atoms with van der Waals surface area (Å²) >= 11 is 0. The molecule has 1 spiro atoms. The lowest BCUT2D eigenvalue weighted by Crippen LogP contribution is -2.28. The van der Waals surface area contributed by atoms with Crippen LogP contribution in [0.4, 0.5) is 0 Å². The van der Waals surface area contributed by atoms with Gasteiger partial charge in [-0.15, -0.1) is 0 Å². The van der Waals surface area contributed by atoms with Crippen LogP contribution in [0.1, 0.15) is 49.7 Å². The van der Waals surface area contributed by atoms with Gasteiger partial charge in [-0.2, -0.15) is 0 Å². The van der Waals surface area contributed by atoms with Gasteiger partial charge in [0, 0.05) is 5.41 Å². The van der Waals surface area contributed by atoms with Crippen LogP contribution in [0.15, 0.2) is 28.7 Å². The standard InChI is InChI=1S/C15H20O2/c1-11-10-16-14(13-7-6-12(2)17-13)15(11)8-4-3-5-9-15/h6-7,14H,1,3-5,8-10H2,2H3. The minimum absolute atomic E-state index is 0.101. The van der Waals surface area contributed by atoms with Crippen molar-refractivity contribution in [2.24, 2.45) is 5.41 Å². The predicted octanol–water partition coefficient (Wildman–Crippen LogP) is 4.17. The summed E-state index contributed by atoms with van der Waals surface area (Å²) in [6.07, 6.45) is 6.44. The Labute approximate surface area is 103 Å². The van der Waals surface area contributed by atoms with Gasteiger partial charge in [0.2, 0.25) is 0 Å². The molecule has 0 bridgehead atoms. The van der Waals surface area contributed by atoms with Crippen LogP contribution in [-0.4, -0.2) is 6.61 Å². The lowest BCUT2D eigenvalue weighted by atomic mass is 9.67. The van der Waals surface area contributed by atoms with Crippen molar-refractivity contribution in [3.05, 3.63) is 35.8 Å². The number of aryl methyl sites for hydroxylation is 1. The molecule has 2 nitrogen and oxygen atoms in total. The molecule has 1 saturated carbocycles. The summed E-state index contributed by atoms with van der Waals surface area (Å²) in [4.78, 5) is 0. The Bertz CT molecular complexity index is 424. The van der Waals surface area contributed by atoms with E-state index in [1.54, 1.807) is 0 Å². The third-order valence-corrected chi connectivity index (χ3v) is 4.40. The van der Waals surface area contributed by atoms with Crippen LogP contribution in [0, 0.1) is 12.3 Å². The van der Waals surface area contributed by atoms with Crippen molar-refractivity contribution in [1.29, 1.82) is 0 Å². The maximum atomic E-state index is 5.96. The number of hydrogen-bond donors (Lipinski definition) is 0. The minimum atomic E-state index is 0.101. The first-order chi connectivity index (χ1) is 8.22. The van der Waals surface area contributed by atoms with Crippen LogP contribution >= 0.6 is 0 Å². The van der Waals surface area contributed by atoms with Gasteiger partial charge in [0.05, 0.1) is 6.61 Å². The van der Waals surface area contributed by atoms with Gasteiger partial charge in [-0.25, -0.2) is 0 Å². The van der Waals surface area contributed by atoms with Crippen LogP contribution in [0.2, 0.25) is 0 Å². The van der Waals surface area contributed by atoms with Gasteiger partial charge in [0.15, 0.2) is 0 Å². The van der Waals surface area contributed by atoms with E-state index in [4.69, 9.17) is 9.15 Å². The van der Waals surface area contributed by atoms with E-state index in [1.807, 2.05) is 13.0 Å². The van der Waals surface area contributed by atoms with E-state index in [-0.39, 0.29) is 11.5 Å². The van der Waals surface area contributed by atoms with Crippen molar-refractivity contribution in [3.8, 4) is 0 Å². The average Bonchev–Trinajstić information content (AvgIpc) is 2.87. The lowest BCUT2D eigenvalue weighted by Gasteiger charge is -2.37. The molecule has 2 heterocycles. The molecule has 17 heavy (non-hydrogen) atoms. The second-order valence-electron chi connectivity index (χ2n) is 5.46. The summed E-state index contributed by atoms with van der Waals surface area (Å²) in [6.45, 7) is 6.93. The number of ether oxygens (including phenoxy) is 1. The van der Waals surface area contributed by atoms with Crippen LogP contribution < -0.4 is 0 Å². The molecule has 2 heteroatoms. The molecule has 0 aromatic carbocycles. The molecule has 92 valence electrons. The molecule has 1 aliphatic heterocycles. The highest BCUT2D eigenvalue weighted by molar-refractivity contribution is 5.25. The fourth-order valence-corrected chi connectivity index (χ4v) is 3.42. The molecule has 0 N–H and O–H groups in total. The van der Waals surface area contributed by atoms with E-state index in [1.165, 1.54) is 37.7 Å². The highest BCUT2D eigenvalue weighted by Gasteiger charge is 2.49. The first-order valence-corrected chi connectivity index (χ1v) is 6.58. The van der Waals surface area contributed by atoms with Crippen molar-refractivity contribution in [2.45, 2.75) is 45.1 Å². The first-order valence-electron chi connectivity index (χ1n) is 6.58. The maximum absolute atomic E-state index is 5.96. The summed E-state index contributed by atoms with van der Waals surface area (Å²) in [5, 5.41) is 0. The quantitative estimate of drug-likeness (QED) is 0.678. The zero-order chi connectivity index (χ0) is 11.9. The zero-order valence-corrected chi connectivity index (χ0v) is 10.5. The van der Waals surface area contributed by atoms with Gasteiger partial charge < -0.3 is 9.15 Å². The Morgan fingerprint density at radius 2 is 2.00 bits per heavy atom. The summed E-state index contributed by atoms with van der Waals surface area (Å²) in [5.41, 5.74) is 1.43. The summed E-state index contributed by atoms with van der Waals surface area (Å²) < 4.78 is 11.7. The molecular formula is C15H20O2. The molecule has 1 unspecified atom stereocenters. The molecule has 0 amide bonds. The Morgan fingerprint density at radius 3 is 2.65 bits per heavy atom. The smallest absolute Gasteiger partial charge is 0.133 e. The van der Waals surface area contributed by atoms with Crippen LogP contribution in [0.5, 0.6) is 0 Å². The van der Waals surface area contributed by atoms with E-state index in [9.17, 15) is 0 Å². The van der Waals surface area contributed by atoms with Crippen molar-refractivity contribution in [3.63, 3.8) is 0 Å². The van der Waals surface area contributed by atoms with Gasteiger partial charge in [0.25, 0.3) is 0 Å². The van der Waals surface area contributed by atoms with Crippen molar-refractivity contribution in [2.75, 3.05) is 6.61 Å². The molecular weight excluding hydrogens is 212 g/mol. The molecule has 1 saturated heterocycles. The molecule has 1 aromatic rings. The summed E-state index contributed by atoms with van der Waals surface area (Å²) in [6, 6.07) is 4.09. The van der Waals surface area contributed by atoms with Crippen molar-refractivity contribution in [1.82, 2.24) is 0 Å². The molecule has 2 aliphatic rings. The predicted molar refractivity (Wildman–Crippen MR) is 66.8 cm³/mol. The summed E-state index contributed by atoms with van der Waals surface area (Å²) in [7, 11) is 0. The van der Waals surface area contributed by atoms with Gasteiger partial charge in [-0.05, 0) is 37.5 Å². The molecule has 1 atom stereocenters. The average molecular weight is 232 g/mol. The normalized spacial score (nSPS) is 27.8. The second kappa shape index (κ2) is 4.02. The van der Waals surface area contributed by atoms with Crippen LogP contribution in [-0.2, 0) is 4.74 Å². The second-order valence-corrected chi connectivity index (χ2v) is 5.46. The Kier molecular flexibility index (Phi) is 2.62. The fourth-order valence-electron chi connectivity index (χ4n) is 3.42. The third-order valence-electron chi connectivity index (χ3n) is 4.40. The zero-order valence-electron chi connectivity index (χ0n) is 10.5. The topological polar surface area (TPSA) is 22.4 Å². The fraction of sp³-hybridized carbons (Fsp3) is 0.600. The van der Waals surface area contributed by atoms with Gasteiger partial charge >= 0.3 is 0 Å². The Hall–Kier alpha value is -1.02. The molecule has 1 aliphatic carbocycles. The Balaban J connectivity index is 1.95. The SMILES string of the molecule is C=C1COC(c2ccc(C)o2)C12CCCCC2. The van der Waals surface area contributed by atoms with Crippen LogP contribution in [0.3, 0.4) is 0 Å². The summed E-state index contributed by atoms with van der Waals surface area (Å²) in [5.74, 6) is 1.95. The van der Waals surface area contributed by atoms with Gasteiger partial charge in [-0.3, -0.25) is 0 Å². The van der Waals surface area contributed by atoms with Gasteiger partial charge in [-0.1, -0.05) is 25.8 Å². The highest BCUT2D eigenvalue weighted by atomic mass is 16.5.